The van der Waals surface area contributed by atoms with Crippen LogP contribution in [0.25, 0.3) is 0 Å². The normalized spacial score (nSPS) is 9.39. The number of aromatic carboxylic acids is 1. The van der Waals surface area contributed by atoms with Crippen LogP contribution >= 0.6 is 11.6 Å². The van der Waals surface area contributed by atoms with Gasteiger partial charge in [0.1, 0.15) is 11.5 Å². The molecule has 0 radical (unpaired) electrons. The summed E-state index contributed by atoms with van der Waals surface area (Å²) in [6.07, 6.45) is 3.17. The van der Waals surface area contributed by atoms with E-state index >= 15 is 0 Å². The van der Waals surface area contributed by atoms with E-state index in [9.17, 15) is 4.79 Å². The summed E-state index contributed by atoms with van der Waals surface area (Å²) < 4.78 is 5.46. The van der Waals surface area contributed by atoms with Crippen LogP contribution in [0, 0.1) is 0 Å². The fourth-order valence-corrected chi connectivity index (χ4v) is 1.47. The topological polar surface area (TPSA) is 59.4 Å². The molecule has 4 nitrogen and oxygen atoms in total. The summed E-state index contributed by atoms with van der Waals surface area (Å²) >= 11 is 5.75. The van der Waals surface area contributed by atoms with Crippen molar-refractivity contribution in [3.8, 4) is 11.5 Å². The zero-order valence-corrected chi connectivity index (χ0v) is 9.39. The molecule has 0 unspecified atom stereocenters. The Morgan fingerprint density at radius 1 is 1.17 bits per heavy atom. The summed E-state index contributed by atoms with van der Waals surface area (Å²) in [5.74, 6) is -0.0909. The standard InChI is InChI=1S/C12H8ClNO3.Na.H/c13-11-2-1-9(7-10(11)12(15)16)17-8-3-5-14-6-4-8;;/h1-7H,(H,15,16);;. The molecule has 2 rings (SSSR count). The summed E-state index contributed by atoms with van der Waals surface area (Å²) in [6.45, 7) is 0. The molecule has 1 aromatic heterocycles. The Morgan fingerprint density at radius 2 is 1.83 bits per heavy atom. The van der Waals surface area contributed by atoms with Gasteiger partial charge in [0, 0.05) is 12.4 Å². The predicted molar refractivity (Wildman–Crippen MR) is 69.9 cm³/mol. The van der Waals surface area contributed by atoms with E-state index in [4.69, 9.17) is 21.4 Å². The van der Waals surface area contributed by atoms with Crippen LogP contribution in [-0.2, 0) is 0 Å². The van der Waals surface area contributed by atoms with Crippen molar-refractivity contribution in [2.24, 2.45) is 0 Å². The summed E-state index contributed by atoms with van der Waals surface area (Å²) in [5, 5.41) is 9.09. The van der Waals surface area contributed by atoms with E-state index in [-0.39, 0.29) is 40.1 Å². The van der Waals surface area contributed by atoms with Gasteiger partial charge in [0.15, 0.2) is 0 Å². The van der Waals surface area contributed by atoms with E-state index in [1.807, 2.05) is 0 Å². The zero-order chi connectivity index (χ0) is 12.3. The minimum absolute atomic E-state index is 0. The second-order valence-electron chi connectivity index (χ2n) is 3.23. The molecule has 0 aliphatic heterocycles. The van der Waals surface area contributed by atoms with E-state index in [0.29, 0.717) is 11.5 Å². The van der Waals surface area contributed by atoms with Crippen molar-refractivity contribution >= 4 is 47.1 Å². The molecule has 88 valence electrons. The number of carboxylic acids is 1. The van der Waals surface area contributed by atoms with E-state index in [1.54, 1.807) is 30.6 Å². The van der Waals surface area contributed by atoms with E-state index in [1.165, 1.54) is 12.1 Å². The van der Waals surface area contributed by atoms with Crippen LogP contribution in [0.1, 0.15) is 10.4 Å². The van der Waals surface area contributed by atoms with Gasteiger partial charge in [0.2, 0.25) is 0 Å². The molecule has 0 saturated carbocycles. The molecule has 0 spiro atoms. The van der Waals surface area contributed by atoms with Crippen LogP contribution in [0.5, 0.6) is 11.5 Å². The van der Waals surface area contributed by atoms with Crippen molar-refractivity contribution in [3.05, 3.63) is 53.3 Å². The average molecular weight is 274 g/mol. The molecule has 0 bridgehead atoms. The Bertz CT molecular complexity index is 548. The van der Waals surface area contributed by atoms with Gasteiger partial charge in [-0.3, -0.25) is 4.98 Å². The fraction of sp³-hybridized carbons (Fsp3) is 0. The van der Waals surface area contributed by atoms with Gasteiger partial charge in [0.05, 0.1) is 10.6 Å². The molecule has 0 aliphatic rings. The third-order valence-corrected chi connectivity index (χ3v) is 2.38. The van der Waals surface area contributed by atoms with Gasteiger partial charge < -0.3 is 9.84 Å². The van der Waals surface area contributed by atoms with Crippen molar-refractivity contribution < 1.29 is 14.6 Å². The van der Waals surface area contributed by atoms with Gasteiger partial charge in [0.25, 0.3) is 0 Å². The monoisotopic (exact) mass is 273 g/mol. The van der Waals surface area contributed by atoms with Crippen molar-refractivity contribution in [1.29, 1.82) is 0 Å². The second-order valence-corrected chi connectivity index (χ2v) is 3.64. The van der Waals surface area contributed by atoms with Gasteiger partial charge in [-0.1, -0.05) is 11.6 Å². The first-order chi connectivity index (χ1) is 8.16. The molecule has 2 aromatic rings. The van der Waals surface area contributed by atoms with Crippen LogP contribution in [0.4, 0.5) is 0 Å². The quantitative estimate of drug-likeness (QED) is 0.873. The number of hydrogen-bond donors (Lipinski definition) is 1. The Balaban J connectivity index is 0.00000162. The number of carbonyl (C=O) groups is 1. The van der Waals surface area contributed by atoms with Crippen LogP contribution in [0.15, 0.2) is 42.7 Å². The number of nitrogens with zero attached hydrogens (tertiary/aromatic N) is 1. The van der Waals surface area contributed by atoms with Crippen LogP contribution < -0.4 is 4.74 Å². The number of hydrogen-bond acceptors (Lipinski definition) is 3. The number of benzene rings is 1. The Labute approximate surface area is 131 Å². The van der Waals surface area contributed by atoms with Crippen LogP contribution in [0.3, 0.4) is 0 Å². The van der Waals surface area contributed by atoms with Crippen molar-refractivity contribution in [2.45, 2.75) is 0 Å². The van der Waals surface area contributed by atoms with Crippen molar-refractivity contribution in [1.82, 2.24) is 4.98 Å². The number of pyridine rings is 1. The van der Waals surface area contributed by atoms with Crippen molar-refractivity contribution in [3.63, 3.8) is 0 Å². The fourth-order valence-electron chi connectivity index (χ4n) is 1.27. The number of halogens is 1. The molecule has 0 saturated heterocycles. The summed E-state index contributed by atoms with van der Waals surface area (Å²) in [4.78, 5) is 14.7. The van der Waals surface area contributed by atoms with E-state index < -0.39 is 5.97 Å². The maximum atomic E-state index is 10.9. The molecule has 1 aromatic carbocycles. The Morgan fingerprint density at radius 3 is 2.44 bits per heavy atom. The zero-order valence-electron chi connectivity index (χ0n) is 8.63. The molecule has 0 atom stereocenters. The Hall–Kier alpha value is -1.07. The van der Waals surface area contributed by atoms with Gasteiger partial charge in [-0.2, -0.15) is 0 Å². The minimum atomic E-state index is -1.09. The van der Waals surface area contributed by atoms with Crippen molar-refractivity contribution in [2.75, 3.05) is 0 Å². The first kappa shape index (κ1) is 15.0. The van der Waals surface area contributed by atoms with Gasteiger partial charge in [-0.15, -0.1) is 0 Å². The first-order valence-electron chi connectivity index (χ1n) is 4.77. The average Bonchev–Trinajstić information content (AvgIpc) is 2.32. The molecular weight excluding hydrogens is 265 g/mol. The van der Waals surface area contributed by atoms with Gasteiger partial charge in [-0.05, 0) is 30.3 Å². The van der Waals surface area contributed by atoms with E-state index in [0.717, 1.165) is 0 Å². The third-order valence-electron chi connectivity index (χ3n) is 2.05. The molecule has 0 fully saturated rings. The molecule has 1 heterocycles. The maximum absolute atomic E-state index is 10.9. The number of aromatic nitrogens is 1. The summed E-state index contributed by atoms with van der Waals surface area (Å²) in [6, 6.07) is 7.83. The van der Waals surface area contributed by atoms with Gasteiger partial charge in [-0.25, -0.2) is 4.79 Å². The van der Waals surface area contributed by atoms with Crippen LogP contribution in [0.2, 0.25) is 5.02 Å². The molecule has 18 heavy (non-hydrogen) atoms. The second kappa shape index (κ2) is 6.75. The van der Waals surface area contributed by atoms with Gasteiger partial charge >= 0.3 is 35.5 Å². The van der Waals surface area contributed by atoms with E-state index in [2.05, 4.69) is 4.98 Å². The molecule has 1 N–H and O–H groups in total. The third kappa shape index (κ3) is 3.71. The molecule has 6 heteroatoms. The molecule has 0 aliphatic carbocycles. The SMILES string of the molecule is O=C(O)c1cc(Oc2ccncc2)ccc1Cl.[NaH]. The number of ether oxygens (including phenoxy) is 1. The Kier molecular flexibility index (Phi) is 5.62. The molecule has 0 amide bonds. The summed E-state index contributed by atoms with van der Waals surface area (Å²) in [7, 11) is 0. The number of carboxylic acid groups (broad SMARTS) is 1. The number of rotatable bonds is 3. The van der Waals surface area contributed by atoms with Crippen LogP contribution in [-0.4, -0.2) is 45.6 Å². The first-order valence-corrected chi connectivity index (χ1v) is 5.15. The predicted octanol–water partition coefficient (Wildman–Crippen LogP) is 2.58. The summed E-state index contributed by atoms with van der Waals surface area (Å²) in [5.41, 5.74) is 0.0122. The molecular formula is C12H9ClNNaO3.